The number of aliphatic hydroxyl groups is 1. The summed E-state index contributed by atoms with van der Waals surface area (Å²) in [6.45, 7) is 5.95. The minimum atomic E-state index is -3.14. The monoisotopic (exact) mass is 549 g/mol. The van der Waals surface area contributed by atoms with Gasteiger partial charge in [0.05, 0.1) is 23.4 Å². The lowest BCUT2D eigenvalue weighted by Gasteiger charge is -2.21. The minimum absolute atomic E-state index is 0.0202. The van der Waals surface area contributed by atoms with Gasteiger partial charge in [0.15, 0.2) is 23.1 Å². The molecule has 4 aromatic rings. The van der Waals surface area contributed by atoms with Crippen LogP contribution in [0.1, 0.15) is 26.3 Å². The van der Waals surface area contributed by atoms with E-state index in [-0.39, 0.29) is 47.7 Å². The van der Waals surface area contributed by atoms with Crippen LogP contribution in [0.4, 0.5) is 5.82 Å². The molecule has 39 heavy (non-hydrogen) atoms. The molecule has 1 unspecified atom stereocenters. The maximum absolute atomic E-state index is 13.9. The van der Waals surface area contributed by atoms with Gasteiger partial charge in [-0.1, -0.05) is 45.0 Å². The third kappa shape index (κ3) is 6.62. The lowest BCUT2D eigenvalue weighted by molar-refractivity contribution is 0.192. The zero-order valence-electron chi connectivity index (χ0n) is 22.2. The molecule has 4 rings (SSSR count). The van der Waals surface area contributed by atoms with Crippen molar-refractivity contribution in [1.29, 1.82) is 0 Å². The van der Waals surface area contributed by atoms with Gasteiger partial charge in [-0.3, -0.25) is 4.72 Å². The number of ether oxygens (including phenoxy) is 3. The van der Waals surface area contributed by atoms with Crippen LogP contribution in [0.25, 0.3) is 11.6 Å². The second-order valence-electron chi connectivity index (χ2n) is 9.48. The van der Waals surface area contributed by atoms with Crippen LogP contribution < -0.4 is 18.9 Å². The summed E-state index contributed by atoms with van der Waals surface area (Å²) in [5, 5.41) is 9.44. The molecule has 0 aliphatic rings. The Bertz CT molecular complexity index is 1520. The van der Waals surface area contributed by atoms with Crippen molar-refractivity contribution in [2.45, 2.75) is 31.1 Å². The molecular formula is C28H31N5O5S. The van der Waals surface area contributed by atoms with Crippen molar-refractivity contribution in [1.82, 2.24) is 19.9 Å². The first kappa shape index (κ1) is 27.8. The maximum atomic E-state index is 13.9. The molecule has 204 valence electrons. The number of methoxy groups -OCH3 is 1. The summed E-state index contributed by atoms with van der Waals surface area (Å²) < 4.78 is 34.2. The van der Waals surface area contributed by atoms with Crippen LogP contribution in [0, 0.1) is 0 Å². The molecule has 11 heteroatoms. The fourth-order valence-corrected chi connectivity index (χ4v) is 4.69. The van der Waals surface area contributed by atoms with Gasteiger partial charge in [-0.05, 0) is 47.2 Å². The van der Waals surface area contributed by atoms with Crippen molar-refractivity contribution in [3.63, 3.8) is 0 Å². The summed E-state index contributed by atoms with van der Waals surface area (Å²) in [5.74, 6) is 5.10. The van der Waals surface area contributed by atoms with Crippen molar-refractivity contribution in [2.75, 3.05) is 25.0 Å². The van der Waals surface area contributed by atoms with E-state index in [9.17, 15) is 9.32 Å². The van der Waals surface area contributed by atoms with Gasteiger partial charge in [-0.15, -0.1) is 0 Å². The number of nitrogens with one attached hydrogen (secondary N) is 1. The maximum Gasteiger partial charge on any atom is 0.263 e. The molecule has 0 amide bonds. The summed E-state index contributed by atoms with van der Waals surface area (Å²) in [6, 6.07) is 16.0. The molecule has 0 saturated heterocycles. The summed E-state index contributed by atoms with van der Waals surface area (Å²) in [7, 11) is -1.62. The van der Waals surface area contributed by atoms with Gasteiger partial charge in [0.1, 0.15) is 6.61 Å². The molecule has 2 heterocycles. The number of nitrogens with zero attached hydrogens (tertiary/aromatic N) is 4. The molecule has 0 bridgehead atoms. The minimum Gasteiger partial charge on any atom is -0.493 e. The Labute approximate surface area is 228 Å². The second-order valence-corrected chi connectivity index (χ2v) is 11.5. The standard InChI is InChI=1S/C28H31N5O5S/c1-28(2,3)19-11-13-20(14-12-19)39(5,35)33-24-23(38-22-10-7-6-9-21(22)36-4)27(37-18-17-34)32-26(31-24)25-29-15-8-16-30-25/h6-16,34H,5,17-18H2,1-4H3,(H,31,32,33,35). The first-order valence-corrected chi connectivity index (χ1v) is 13.8. The SMILES string of the molecule is C=S(=O)(Nc1nc(-c2ncccn2)nc(OCCO)c1Oc1ccccc1OC)c1ccc(C(C)(C)C)cc1. The number of aromatic nitrogens is 4. The van der Waals surface area contributed by atoms with Crippen LogP contribution >= 0.6 is 0 Å². The molecule has 0 spiro atoms. The number of anilines is 1. The van der Waals surface area contributed by atoms with E-state index in [1.165, 1.54) is 7.11 Å². The van der Waals surface area contributed by atoms with Gasteiger partial charge in [-0.2, -0.15) is 4.98 Å². The number of para-hydroxylation sites is 2. The van der Waals surface area contributed by atoms with Crippen molar-refractivity contribution < 1.29 is 23.5 Å². The van der Waals surface area contributed by atoms with E-state index in [0.717, 1.165) is 5.56 Å². The van der Waals surface area contributed by atoms with E-state index >= 15 is 0 Å². The first-order valence-electron chi connectivity index (χ1n) is 12.1. The van der Waals surface area contributed by atoms with E-state index in [0.29, 0.717) is 16.4 Å². The Balaban J connectivity index is 1.85. The lowest BCUT2D eigenvalue weighted by Crippen LogP contribution is -2.17. The van der Waals surface area contributed by atoms with E-state index in [1.807, 2.05) is 12.1 Å². The van der Waals surface area contributed by atoms with Crippen LogP contribution in [0.2, 0.25) is 0 Å². The Morgan fingerprint density at radius 2 is 1.62 bits per heavy atom. The lowest BCUT2D eigenvalue weighted by atomic mass is 9.87. The Kier molecular flexibility index (Phi) is 8.32. The average molecular weight is 550 g/mol. The van der Waals surface area contributed by atoms with Gasteiger partial charge in [0, 0.05) is 17.3 Å². The quantitative estimate of drug-likeness (QED) is 0.275. The molecule has 2 aromatic carbocycles. The predicted octanol–water partition coefficient (Wildman–Crippen LogP) is 4.51. The van der Waals surface area contributed by atoms with Crippen LogP contribution in [0.3, 0.4) is 0 Å². The average Bonchev–Trinajstić information content (AvgIpc) is 2.93. The highest BCUT2D eigenvalue weighted by Crippen LogP contribution is 2.41. The molecule has 0 aliphatic carbocycles. The summed E-state index contributed by atoms with van der Waals surface area (Å²) in [5.41, 5.74) is 1.02. The predicted molar refractivity (Wildman–Crippen MR) is 151 cm³/mol. The highest BCUT2D eigenvalue weighted by molar-refractivity contribution is 8.01. The Morgan fingerprint density at radius 3 is 2.23 bits per heavy atom. The van der Waals surface area contributed by atoms with E-state index < -0.39 is 9.71 Å². The molecule has 2 N–H and O–H groups in total. The number of benzene rings is 2. The molecule has 1 atom stereocenters. The molecule has 2 aromatic heterocycles. The van der Waals surface area contributed by atoms with Crippen molar-refractivity contribution in [2.24, 2.45) is 0 Å². The fraction of sp³-hybridized carbons (Fsp3) is 0.250. The largest absolute Gasteiger partial charge is 0.493 e. The van der Waals surface area contributed by atoms with Gasteiger partial charge in [-0.25, -0.2) is 19.2 Å². The number of aliphatic hydroxyl groups excluding tert-OH is 1. The van der Waals surface area contributed by atoms with Gasteiger partial charge >= 0.3 is 0 Å². The van der Waals surface area contributed by atoms with Crippen molar-refractivity contribution >= 4 is 21.4 Å². The summed E-state index contributed by atoms with van der Waals surface area (Å²) >= 11 is 0. The molecule has 10 nitrogen and oxygen atoms in total. The highest BCUT2D eigenvalue weighted by Gasteiger charge is 2.24. The smallest absolute Gasteiger partial charge is 0.263 e. The molecule has 0 radical (unpaired) electrons. The van der Waals surface area contributed by atoms with Crippen LogP contribution in [-0.4, -0.2) is 55.4 Å². The zero-order chi connectivity index (χ0) is 28.0. The van der Waals surface area contributed by atoms with E-state index in [2.05, 4.69) is 51.3 Å². The number of hydrogen-bond acceptors (Lipinski definition) is 9. The Hall–Kier alpha value is -4.22. The van der Waals surface area contributed by atoms with Gasteiger partial charge < -0.3 is 19.3 Å². The first-order chi connectivity index (χ1) is 18.6. The van der Waals surface area contributed by atoms with Gasteiger partial charge in [0.25, 0.3) is 5.88 Å². The van der Waals surface area contributed by atoms with Crippen LogP contribution in [0.5, 0.6) is 23.1 Å². The highest BCUT2D eigenvalue weighted by atomic mass is 32.2. The third-order valence-corrected chi connectivity index (χ3v) is 7.13. The molecular weight excluding hydrogens is 518 g/mol. The van der Waals surface area contributed by atoms with Crippen LogP contribution in [0.15, 0.2) is 71.9 Å². The second kappa shape index (κ2) is 11.7. The fourth-order valence-electron chi connectivity index (χ4n) is 3.55. The molecule has 0 saturated carbocycles. The topological polar surface area (TPSA) is 129 Å². The number of hydrogen-bond donors (Lipinski definition) is 2. The summed E-state index contributed by atoms with van der Waals surface area (Å²) in [6.07, 6.45) is 3.10. The summed E-state index contributed by atoms with van der Waals surface area (Å²) in [4.78, 5) is 17.9. The third-order valence-electron chi connectivity index (χ3n) is 5.57. The van der Waals surface area contributed by atoms with Crippen molar-refractivity contribution in [3.05, 3.63) is 72.6 Å². The van der Waals surface area contributed by atoms with E-state index in [4.69, 9.17) is 14.2 Å². The number of rotatable bonds is 10. The molecule has 0 fully saturated rings. The molecule has 0 aliphatic heterocycles. The van der Waals surface area contributed by atoms with E-state index in [1.54, 1.807) is 54.9 Å². The normalized spacial score (nSPS) is 12.8. The zero-order valence-corrected chi connectivity index (χ0v) is 23.1. The van der Waals surface area contributed by atoms with Crippen molar-refractivity contribution in [3.8, 4) is 34.8 Å². The van der Waals surface area contributed by atoms with Gasteiger partial charge in [0.2, 0.25) is 11.6 Å². The van der Waals surface area contributed by atoms with Crippen LogP contribution in [-0.2, 0) is 15.1 Å². The Morgan fingerprint density at radius 1 is 0.949 bits per heavy atom.